The van der Waals surface area contributed by atoms with Gasteiger partial charge in [0.2, 0.25) is 5.09 Å². The molecular formula is C12H16N4O4S. The highest BCUT2D eigenvalue weighted by Gasteiger charge is 2.20. The summed E-state index contributed by atoms with van der Waals surface area (Å²) in [7, 11) is -2.42. The molecule has 2 aromatic heterocycles. The minimum Gasteiger partial charge on any atom is -0.438 e. The number of rotatable bonds is 6. The summed E-state index contributed by atoms with van der Waals surface area (Å²) in [6.07, 6.45) is 3.43. The first-order valence-electron chi connectivity index (χ1n) is 6.24. The normalized spacial score (nSPS) is 13.0. The molecule has 0 unspecified atom stereocenters. The summed E-state index contributed by atoms with van der Waals surface area (Å²) in [6, 6.07) is 4.15. The van der Waals surface area contributed by atoms with Crippen molar-refractivity contribution >= 4 is 15.9 Å². The molecule has 2 heterocycles. The number of aromatic nitrogens is 2. The number of carbonyl (C=O) groups excluding carboxylic acids is 1. The van der Waals surface area contributed by atoms with Crippen molar-refractivity contribution in [1.29, 1.82) is 0 Å². The maximum atomic E-state index is 12.0. The van der Waals surface area contributed by atoms with Crippen LogP contribution in [0.15, 0.2) is 40.1 Å². The molecule has 1 amide bonds. The van der Waals surface area contributed by atoms with Crippen LogP contribution < -0.4 is 10.0 Å². The Labute approximate surface area is 122 Å². The van der Waals surface area contributed by atoms with Crippen LogP contribution in [0.4, 0.5) is 0 Å². The van der Waals surface area contributed by atoms with Crippen molar-refractivity contribution in [1.82, 2.24) is 19.8 Å². The molecule has 0 saturated heterocycles. The fourth-order valence-corrected chi connectivity index (χ4v) is 2.36. The predicted molar refractivity (Wildman–Crippen MR) is 74.1 cm³/mol. The Hall–Kier alpha value is -2.13. The Bertz CT molecular complexity index is 705. The van der Waals surface area contributed by atoms with Crippen LogP contribution in [0.25, 0.3) is 0 Å². The van der Waals surface area contributed by atoms with Gasteiger partial charge in [0.1, 0.15) is 0 Å². The van der Waals surface area contributed by atoms with E-state index in [2.05, 4.69) is 15.1 Å². The van der Waals surface area contributed by atoms with Gasteiger partial charge in [0, 0.05) is 18.4 Å². The predicted octanol–water partition coefficient (Wildman–Crippen LogP) is 0.203. The zero-order chi connectivity index (χ0) is 15.5. The lowest BCUT2D eigenvalue weighted by Gasteiger charge is -2.12. The summed E-state index contributed by atoms with van der Waals surface area (Å²) >= 11 is 0. The summed E-state index contributed by atoms with van der Waals surface area (Å²) in [6.45, 7) is 2.31. The molecule has 0 spiro atoms. The SMILES string of the molecule is CNS(=O)(=O)c1ccc(C(=O)N[C@H](C)Cn2cccn2)o1. The van der Waals surface area contributed by atoms with Gasteiger partial charge < -0.3 is 9.73 Å². The molecule has 0 radical (unpaired) electrons. The van der Waals surface area contributed by atoms with E-state index in [4.69, 9.17) is 4.42 Å². The van der Waals surface area contributed by atoms with Crippen molar-refractivity contribution in [3.05, 3.63) is 36.4 Å². The molecule has 8 nitrogen and oxygen atoms in total. The number of hydrogen-bond acceptors (Lipinski definition) is 5. The molecule has 0 bridgehead atoms. The Morgan fingerprint density at radius 2 is 2.24 bits per heavy atom. The Kier molecular flexibility index (Phi) is 4.43. The van der Waals surface area contributed by atoms with E-state index in [0.717, 1.165) is 0 Å². The lowest BCUT2D eigenvalue weighted by Crippen LogP contribution is -2.35. The van der Waals surface area contributed by atoms with Gasteiger partial charge in [-0.05, 0) is 32.2 Å². The van der Waals surface area contributed by atoms with E-state index < -0.39 is 15.9 Å². The summed E-state index contributed by atoms with van der Waals surface area (Å²) in [5.74, 6) is -0.539. The number of furan rings is 1. The average Bonchev–Trinajstić information content (AvgIpc) is 3.09. The number of hydrogen-bond donors (Lipinski definition) is 2. The Morgan fingerprint density at radius 3 is 2.86 bits per heavy atom. The van der Waals surface area contributed by atoms with Gasteiger partial charge in [0.25, 0.3) is 15.9 Å². The van der Waals surface area contributed by atoms with Gasteiger partial charge in [-0.15, -0.1) is 0 Å². The van der Waals surface area contributed by atoms with Gasteiger partial charge >= 0.3 is 0 Å². The standard InChI is InChI=1S/C12H16N4O4S/c1-9(8-16-7-3-6-14-16)15-12(17)10-4-5-11(20-10)21(18,19)13-2/h3-7,9,13H,8H2,1-2H3,(H,15,17)/t9-/m1/s1. The summed E-state index contributed by atoms with van der Waals surface area (Å²) < 4.78 is 31.9. The molecule has 114 valence electrons. The van der Waals surface area contributed by atoms with Gasteiger partial charge in [-0.25, -0.2) is 13.1 Å². The van der Waals surface area contributed by atoms with Gasteiger partial charge in [-0.2, -0.15) is 5.10 Å². The van der Waals surface area contributed by atoms with Crippen LogP contribution in [-0.2, 0) is 16.6 Å². The Morgan fingerprint density at radius 1 is 1.48 bits per heavy atom. The van der Waals surface area contributed by atoms with Crippen molar-refractivity contribution in [3.63, 3.8) is 0 Å². The minimum absolute atomic E-state index is 0.0591. The molecule has 1 atom stereocenters. The molecule has 2 N–H and O–H groups in total. The lowest BCUT2D eigenvalue weighted by atomic mass is 10.3. The highest BCUT2D eigenvalue weighted by Crippen LogP contribution is 2.13. The third kappa shape index (κ3) is 3.70. The maximum Gasteiger partial charge on any atom is 0.287 e. The minimum atomic E-state index is -3.69. The molecule has 2 rings (SSSR count). The number of sulfonamides is 1. The van der Waals surface area contributed by atoms with Crippen molar-refractivity contribution in [3.8, 4) is 0 Å². The van der Waals surface area contributed by atoms with E-state index in [1.165, 1.54) is 19.2 Å². The van der Waals surface area contributed by atoms with E-state index >= 15 is 0 Å². The zero-order valence-corrected chi connectivity index (χ0v) is 12.4. The highest BCUT2D eigenvalue weighted by atomic mass is 32.2. The fourth-order valence-electron chi connectivity index (χ4n) is 1.72. The fraction of sp³-hybridized carbons (Fsp3) is 0.333. The molecule has 2 aromatic rings. The topological polar surface area (TPSA) is 106 Å². The lowest BCUT2D eigenvalue weighted by molar-refractivity contribution is 0.0902. The average molecular weight is 312 g/mol. The second-order valence-corrected chi connectivity index (χ2v) is 6.25. The van der Waals surface area contributed by atoms with E-state index in [-0.39, 0.29) is 16.9 Å². The monoisotopic (exact) mass is 312 g/mol. The molecular weight excluding hydrogens is 296 g/mol. The third-order valence-electron chi connectivity index (χ3n) is 2.74. The van der Waals surface area contributed by atoms with E-state index in [1.54, 1.807) is 23.1 Å². The smallest absolute Gasteiger partial charge is 0.287 e. The van der Waals surface area contributed by atoms with Crippen LogP contribution >= 0.6 is 0 Å². The molecule has 9 heteroatoms. The molecule has 0 fully saturated rings. The summed E-state index contributed by atoms with van der Waals surface area (Å²) in [5, 5.41) is 6.45. The number of amides is 1. The van der Waals surface area contributed by atoms with Crippen LogP contribution in [0.3, 0.4) is 0 Å². The van der Waals surface area contributed by atoms with E-state index in [1.807, 2.05) is 6.92 Å². The Balaban J connectivity index is 2.00. The molecule has 0 saturated carbocycles. The quantitative estimate of drug-likeness (QED) is 0.792. The zero-order valence-electron chi connectivity index (χ0n) is 11.6. The van der Waals surface area contributed by atoms with Gasteiger partial charge in [0.05, 0.1) is 6.54 Å². The van der Waals surface area contributed by atoms with Crippen LogP contribution in [-0.4, -0.2) is 37.2 Å². The van der Waals surface area contributed by atoms with Crippen LogP contribution in [0.5, 0.6) is 0 Å². The van der Waals surface area contributed by atoms with Gasteiger partial charge in [0.15, 0.2) is 5.76 Å². The van der Waals surface area contributed by atoms with Crippen molar-refractivity contribution in [2.75, 3.05) is 7.05 Å². The molecule has 0 aliphatic heterocycles. The van der Waals surface area contributed by atoms with Crippen molar-refractivity contribution < 1.29 is 17.6 Å². The first-order valence-corrected chi connectivity index (χ1v) is 7.72. The van der Waals surface area contributed by atoms with Crippen molar-refractivity contribution in [2.24, 2.45) is 0 Å². The van der Waals surface area contributed by atoms with Crippen LogP contribution in [0.1, 0.15) is 17.5 Å². The largest absolute Gasteiger partial charge is 0.438 e. The number of nitrogens with one attached hydrogen (secondary N) is 2. The maximum absolute atomic E-state index is 12.0. The first-order chi connectivity index (χ1) is 9.92. The van der Waals surface area contributed by atoms with E-state index in [0.29, 0.717) is 6.54 Å². The van der Waals surface area contributed by atoms with Gasteiger partial charge in [-0.3, -0.25) is 9.48 Å². The second kappa shape index (κ2) is 6.10. The summed E-state index contributed by atoms with van der Waals surface area (Å²) in [4.78, 5) is 12.0. The molecule has 0 aliphatic carbocycles. The first kappa shape index (κ1) is 15.3. The molecule has 0 aromatic carbocycles. The van der Waals surface area contributed by atoms with Gasteiger partial charge in [-0.1, -0.05) is 0 Å². The summed E-state index contributed by atoms with van der Waals surface area (Å²) in [5.41, 5.74) is 0. The third-order valence-corrected chi connectivity index (χ3v) is 4.02. The van der Waals surface area contributed by atoms with Crippen molar-refractivity contribution in [2.45, 2.75) is 24.6 Å². The van der Waals surface area contributed by atoms with Crippen LogP contribution in [0.2, 0.25) is 0 Å². The highest BCUT2D eigenvalue weighted by molar-refractivity contribution is 7.89. The second-order valence-electron chi connectivity index (χ2n) is 4.43. The molecule has 21 heavy (non-hydrogen) atoms. The molecule has 0 aliphatic rings. The number of carbonyl (C=O) groups is 1. The van der Waals surface area contributed by atoms with Crippen LogP contribution in [0, 0.1) is 0 Å². The number of nitrogens with zero attached hydrogens (tertiary/aromatic N) is 2. The van der Waals surface area contributed by atoms with E-state index in [9.17, 15) is 13.2 Å².